The van der Waals surface area contributed by atoms with Gasteiger partial charge in [-0.15, -0.1) is 0 Å². The number of likely N-dealkylation sites (N-methyl/N-ethyl adjacent to an activating group) is 1. The molecule has 0 spiro atoms. The van der Waals surface area contributed by atoms with E-state index in [9.17, 15) is 33.8 Å². The number of quaternary nitrogens is 1. The first-order valence-electron chi connectivity index (χ1n) is 33.3. The molecule has 5 N–H and O–H groups in total. The van der Waals surface area contributed by atoms with Crippen LogP contribution in [0.2, 0.25) is 0 Å². The highest BCUT2D eigenvalue weighted by Crippen LogP contribution is 2.70. The van der Waals surface area contributed by atoms with E-state index in [0.29, 0.717) is 37.9 Å². The molecule has 0 aromatic heterocycles. The molecule has 6 fully saturated rings. The van der Waals surface area contributed by atoms with Gasteiger partial charge in [-0.3, -0.25) is 24.7 Å². The van der Waals surface area contributed by atoms with Crippen molar-refractivity contribution in [3.63, 3.8) is 0 Å². The number of anilines is 1. The summed E-state index contributed by atoms with van der Waals surface area (Å²) in [5, 5.41) is 18.9. The number of phosphoric acid groups is 1. The number of nitrogens with zero attached hydrogens (tertiary/aromatic N) is 2. The smallest absolute Gasteiger partial charge is 0.453 e. The third kappa shape index (κ3) is 15.0. The summed E-state index contributed by atoms with van der Waals surface area (Å²) in [5.74, 6) is -0.866. The van der Waals surface area contributed by atoms with Crippen LogP contribution in [0.25, 0.3) is 11.1 Å². The van der Waals surface area contributed by atoms with E-state index < -0.39 is 61.4 Å². The minimum atomic E-state index is -4.93. The fraction of sp³-hybridized carbons (Fsp3) is 0.629. The zero-order valence-electron chi connectivity index (χ0n) is 52.6. The Hall–Kier alpha value is -5.07. The average molecular weight is 1230 g/mol. The predicted molar refractivity (Wildman–Crippen MR) is 338 cm³/mol. The molecule has 0 bridgehead atoms. The first kappa shape index (κ1) is 65.9. The SMILES string of the molecule is CC[N+](CC)(CC(=O)OCC(=O)[C@@]12O[C@H](C3CCCCC3)OC1CC1[C@@H]3CCC4=CC(=O)C=C[C@]4(C)C3[C@@H](O)C[C@@]12C)Cc1cc(CCNCCCCCCCCCN2CCC(OC(=O)Nc3ccccc3-c3ccccc3)CC2)ccc1OP(=O)(O)O. The lowest BCUT2D eigenvalue weighted by Gasteiger charge is -2.59. The van der Waals surface area contributed by atoms with Crippen LogP contribution in [0.1, 0.15) is 154 Å². The Balaban J connectivity index is 0.661. The second-order valence-electron chi connectivity index (χ2n) is 27.0. The number of ether oxygens (including phenoxy) is 4. The van der Waals surface area contributed by atoms with Crippen LogP contribution in [0.15, 0.2) is 96.6 Å². The molecule has 18 heteroatoms. The molecule has 480 valence electrons. The Morgan fingerprint density at radius 2 is 1.57 bits per heavy atom. The molecule has 4 saturated carbocycles. The van der Waals surface area contributed by atoms with Crippen molar-refractivity contribution in [3.8, 4) is 16.9 Å². The van der Waals surface area contributed by atoms with E-state index in [2.05, 4.69) is 29.4 Å². The number of rotatable bonds is 28. The van der Waals surface area contributed by atoms with Gasteiger partial charge in [0.2, 0.25) is 5.78 Å². The number of carbonyl (C=O) groups is 4. The maximum Gasteiger partial charge on any atom is 0.524 e. The largest absolute Gasteiger partial charge is 0.524 e. The number of allylic oxidation sites excluding steroid dienone is 4. The van der Waals surface area contributed by atoms with Crippen molar-refractivity contribution in [2.45, 2.75) is 186 Å². The first-order valence-corrected chi connectivity index (χ1v) is 34.8. The van der Waals surface area contributed by atoms with Gasteiger partial charge in [0.25, 0.3) is 0 Å². The molecule has 3 unspecified atom stereocenters. The summed E-state index contributed by atoms with van der Waals surface area (Å²) in [7, 11) is -4.93. The number of aliphatic hydroxyl groups excluding tert-OH is 1. The van der Waals surface area contributed by atoms with E-state index in [0.717, 1.165) is 138 Å². The lowest BCUT2D eigenvalue weighted by molar-refractivity contribution is -0.931. The van der Waals surface area contributed by atoms with E-state index in [-0.39, 0.29) is 64.7 Å². The predicted octanol–water partition coefficient (Wildman–Crippen LogP) is 11.8. The number of hydrogen-bond donors (Lipinski definition) is 5. The number of hydrogen-bond acceptors (Lipinski definition) is 13. The molecule has 17 nitrogen and oxygen atoms in total. The maximum absolute atomic E-state index is 15.3. The Morgan fingerprint density at radius 3 is 2.31 bits per heavy atom. The monoisotopic (exact) mass is 1230 g/mol. The van der Waals surface area contributed by atoms with Crippen LogP contribution in [0, 0.1) is 34.5 Å². The summed E-state index contributed by atoms with van der Waals surface area (Å²) in [6.07, 6.45) is 21.1. The van der Waals surface area contributed by atoms with Crippen molar-refractivity contribution in [1.29, 1.82) is 0 Å². The number of aliphatic hydroxyl groups is 1. The summed E-state index contributed by atoms with van der Waals surface area (Å²) >= 11 is 0. The molecular weight excluding hydrogens is 1140 g/mol. The van der Waals surface area contributed by atoms with Crippen molar-refractivity contribution in [2.75, 3.05) is 64.3 Å². The molecule has 2 saturated heterocycles. The normalized spacial score (nSPS) is 28.3. The van der Waals surface area contributed by atoms with Gasteiger partial charge in [0.1, 0.15) is 18.4 Å². The quantitative estimate of drug-likeness (QED) is 0.0198. The number of nitrogens with one attached hydrogen (secondary N) is 2. The van der Waals surface area contributed by atoms with Gasteiger partial charge in [-0.05, 0) is 157 Å². The molecule has 2 aliphatic heterocycles. The van der Waals surface area contributed by atoms with Crippen LogP contribution in [0.3, 0.4) is 0 Å². The standard InChI is InChI=1S/C70H97N4O13P/c1-5-74(6-2,47-64(78)83-48-62(77)70-63(85-66(86-70)51-24-16-13-17-25-51)44-58-57-30-29-53-43-54(75)32-36-68(53,3)65(57)60(76)45-69(58,70)4)46-52-42-49(28-31-61(52)87-88(80,81)82)33-38-71-37-20-10-8-7-9-11-21-39-73-40-34-55(35-41-73)84-67(79)72-59-27-19-18-26-56(59)50-22-14-12-15-23-50/h12,14-15,18-19,22-23,26-28,31-32,36,42-43,51,55,57-58,60,63,65-66,71,76H,5-11,13,16-17,20-21,24-25,29-30,33-35,37-41,44-48H2,1-4H3,(H2-,72,79,80,81,82)/p+1/t57-,58?,60-,63?,65?,66+,68-,69-,70+/m0/s1. The zero-order valence-corrected chi connectivity index (χ0v) is 53.4. The zero-order chi connectivity index (χ0) is 62.1. The lowest BCUT2D eigenvalue weighted by Crippen LogP contribution is -2.64. The number of piperidine rings is 1. The summed E-state index contributed by atoms with van der Waals surface area (Å²) in [6, 6.07) is 23.2. The number of Topliss-reactive ketones (excluding diaryl/α,β-unsaturated/α-hetero) is 1. The van der Waals surface area contributed by atoms with Crippen LogP contribution in [0.4, 0.5) is 10.5 Å². The first-order chi connectivity index (χ1) is 42.4. The van der Waals surface area contributed by atoms with Crippen molar-refractivity contribution in [3.05, 3.63) is 108 Å². The van der Waals surface area contributed by atoms with Gasteiger partial charge in [0.05, 0.1) is 31.0 Å². The molecule has 88 heavy (non-hydrogen) atoms. The number of para-hydroxylation sites is 1. The van der Waals surface area contributed by atoms with Gasteiger partial charge >= 0.3 is 19.9 Å². The number of likely N-dealkylation sites (tertiary alicyclic amines) is 1. The van der Waals surface area contributed by atoms with Gasteiger partial charge in [0, 0.05) is 46.9 Å². The Labute approximate surface area is 521 Å². The highest BCUT2D eigenvalue weighted by Gasteiger charge is 2.76. The van der Waals surface area contributed by atoms with Gasteiger partial charge in [-0.2, -0.15) is 0 Å². The van der Waals surface area contributed by atoms with Crippen LogP contribution in [0.5, 0.6) is 5.75 Å². The number of esters is 1. The molecule has 3 aromatic carbocycles. The molecule has 2 heterocycles. The Kier molecular flexibility index (Phi) is 21.7. The topological polar surface area (TPSA) is 219 Å². The van der Waals surface area contributed by atoms with Crippen LogP contribution in [-0.2, 0) is 50.9 Å². The van der Waals surface area contributed by atoms with Crippen LogP contribution < -0.4 is 15.2 Å². The molecule has 10 rings (SSSR count). The number of fused-ring (bicyclic) bond motifs is 7. The second kappa shape index (κ2) is 29.0. The van der Waals surface area contributed by atoms with E-state index in [1.54, 1.807) is 18.2 Å². The highest BCUT2D eigenvalue weighted by atomic mass is 31.2. The van der Waals surface area contributed by atoms with Crippen LogP contribution in [-0.4, -0.2) is 137 Å². The van der Waals surface area contributed by atoms with E-state index in [1.807, 2.05) is 86.7 Å². The second-order valence-corrected chi connectivity index (χ2v) is 28.2. The summed E-state index contributed by atoms with van der Waals surface area (Å²) in [6.45, 7) is 13.3. The number of ketones is 2. The van der Waals surface area contributed by atoms with Crippen molar-refractivity contribution in [2.24, 2.45) is 34.5 Å². The average Bonchev–Trinajstić information content (AvgIpc) is 1.48. The maximum atomic E-state index is 15.3. The minimum absolute atomic E-state index is 0.0179. The van der Waals surface area contributed by atoms with E-state index >= 15 is 4.79 Å². The molecule has 1 amide bonds. The lowest BCUT2D eigenvalue weighted by atomic mass is 9.46. The van der Waals surface area contributed by atoms with Crippen LogP contribution >= 0.6 is 7.82 Å². The van der Waals surface area contributed by atoms with Crippen molar-refractivity contribution >= 4 is 37.1 Å². The van der Waals surface area contributed by atoms with E-state index in [1.165, 1.54) is 25.7 Å². The number of carbonyl (C=O) groups excluding carboxylic acids is 4. The summed E-state index contributed by atoms with van der Waals surface area (Å²) < 4.78 is 43.6. The Bertz CT molecular complexity index is 3010. The molecule has 9 atom stereocenters. The third-order valence-electron chi connectivity index (χ3n) is 21.7. The number of benzene rings is 3. The number of amides is 1. The third-order valence-corrected chi connectivity index (χ3v) is 22.1. The fourth-order valence-corrected chi connectivity index (χ4v) is 17.3. The molecule has 3 aromatic rings. The van der Waals surface area contributed by atoms with Gasteiger partial charge in [-0.1, -0.05) is 131 Å². The highest BCUT2D eigenvalue weighted by molar-refractivity contribution is 7.46. The fourth-order valence-electron chi connectivity index (χ4n) is 16.8. The molecule has 0 radical (unpaired) electrons. The summed E-state index contributed by atoms with van der Waals surface area (Å²) in [5.41, 5.74) is 2.60. The van der Waals surface area contributed by atoms with Crippen molar-refractivity contribution < 1.29 is 66.6 Å². The van der Waals surface area contributed by atoms with Crippen molar-refractivity contribution in [1.82, 2.24) is 10.2 Å². The van der Waals surface area contributed by atoms with E-state index in [4.69, 9.17) is 23.5 Å². The molecule has 5 aliphatic carbocycles. The molecular formula is C70H98N4O13P+. The van der Waals surface area contributed by atoms with Gasteiger partial charge in [-0.25, -0.2) is 14.2 Å². The summed E-state index contributed by atoms with van der Waals surface area (Å²) in [4.78, 5) is 77.3. The number of phosphoric ester groups is 1. The molecule has 7 aliphatic rings. The van der Waals surface area contributed by atoms with Gasteiger partial charge < -0.3 is 43.3 Å². The van der Waals surface area contributed by atoms with Gasteiger partial charge in [0.15, 0.2) is 30.8 Å². The minimum Gasteiger partial charge on any atom is -0.453 e. The Morgan fingerprint density at radius 1 is 0.852 bits per heavy atom. The number of unbranched alkanes of at least 4 members (excludes halogenated alkanes) is 6.